The van der Waals surface area contributed by atoms with Crippen LogP contribution in [0.1, 0.15) is 154 Å². The van der Waals surface area contributed by atoms with Gasteiger partial charge in [0, 0.05) is 51.9 Å². The number of thioether (sulfide) groups is 1. The molecule has 3 saturated heterocycles. The molecule has 0 spiro atoms. The van der Waals surface area contributed by atoms with Gasteiger partial charge in [-0.25, -0.2) is 0 Å². The number of nitrogens with two attached hydrogens (primary N) is 7. The number of aliphatic imine (C=N–C) groups is 1. The van der Waals surface area contributed by atoms with E-state index in [2.05, 4.69) is 42.2 Å². The Morgan fingerprint density at radius 3 is 1.58 bits per heavy atom. The molecule has 0 unspecified atom stereocenters. The highest BCUT2D eigenvalue weighted by atomic mass is 32.2. The third-order valence-corrected chi connectivity index (χ3v) is 19.0. The number of nitrogens with zero attached hydrogens (tertiary/aromatic N) is 4. The molecule has 3 aliphatic heterocycles. The zero-order valence-electron chi connectivity index (χ0n) is 58.8. The van der Waals surface area contributed by atoms with E-state index in [9.17, 15) is 47.9 Å². The predicted octanol–water partition coefficient (Wildman–Crippen LogP) is -1.67. The van der Waals surface area contributed by atoms with Crippen LogP contribution >= 0.6 is 11.8 Å². The Morgan fingerprint density at radius 1 is 0.554 bits per heavy atom. The average molecular weight is 1430 g/mol. The summed E-state index contributed by atoms with van der Waals surface area (Å²) in [7, 11) is 0. The molecule has 21 N–H and O–H groups in total. The number of amides is 13. The van der Waals surface area contributed by atoms with E-state index in [4.69, 9.17) is 40.1 Å². The number of carbonyl (C=O) groups excluding carboxylic acids is 13. The van der Waals surface area contributed by atoms with Crippen molar-refractivity contribution >= 4 is 94.5 Å². The molecule has 0 saturated carbocycles. The summed E-state index contributed by atoms with van der Waals surface area (Å²) in [6, 6.07) is 4.89. The van der Waals surface area contributed by atoms with E-state index in [-0.39, 0.29) is 102 Å². The van der Waals surface area contributed by atoms with Crippen molar-refractivity contribution in [3.63, 3.8) is 0 Å². The zero-order valence-corrected chi connectivity index (χ0v) is 59.6. The summed E-state index contributed by atoms with van der Waals surface area (Å²) >= 11 is 1.47. The summed E-state index contributed by atoms with van der Waals surface area (Å²) in [6.07, 6.45) is 4.43. The van der Waals surface area contributed by atoms with Crippen molar-refractivity contribution in [1.82, 2.24) is 51.9 Å². The topological polar surface area (TPSA) is 510 Å². The highest BCUT2D eigenvalue weighted by Gasteiger charge is 2.52. The van der Waals surface area contributed by atoms with Gasteiger partial charge < -0.3 is 92.1 Å². The van der Waals surface area contributed by atoms with Crippen molar-refractivity contribution in [3.8, 4) is 0 Å². The quantitative estimate of drug-likeness (QED) is 0.0201. The van der Waals surface area contributed by atoms with Crippen LogP contribution < -0.4 is 77.4 Å². The molecule has 3 heterocycles. The lowest BCUT2D eigenvalue weighted by molar-refractivity contribution is -0.149. The van der Waals surface area contributed by atoms with Gasteiger partial charge in [0.15, 0.2) is 5.96 Å². The minimum absolute atomic E-state index is 0.0750. The molecule has 0 bridgehead atoms. The van der Waals surface area contributed by atoms with Crippen molar-refractivity contribution in [2.45, 2.75) is 222 Å². The molecular formula is C69H108N18O13S. The van der Waals surface area contributed by atoms with Gasteiger partial charge in [-0.15, -0.1) is 0 Å². The van der Waals surface area contributed by atoms with Crippen molar-refractivity contribution in [3.05, 3.63) is 71.8 Å². The molecule has 11 atom stereocenters. The molecule has 3 fully saturated rings. The van der Waals surface area contributed by atoms with E-state index in [1.165, 1.54) is 26.5 Å². The third kappa shape index (κ3) is 25.6. The molecule has 0 aliphatic carbocycles. The summed E-state index contributed by atoms with van der Waals surface area (Å²) in [6.45, 7) is 6.57. The van der Waals surface area contributed by atoms with Crippen LogP contribution in [0.15, 0.2) is 65.7 Å². The lowest BCUT2D eigenvalue weighted by Gasteiger charge is -2.40. The number of carbonyl (C=O) groups is 13. The van der Waals surface area contributed by atoms with Gasteiger partial charge in [-0.3, -0.25) is 67.3 Å². The maximum atomic E-state index is 15.5. The lowest BCUT2D eigenvalue weighted by atomic mass is 9.87. The van der Waals surface area contributed by atoms with E-state index in [1.807, 2.05) is 27.0 Å². The Bertz CT molecular complexity index is 3180. The average Bonchev–Trinajstić information content (AvgIpc) is 1.67. The summed E-state index contributed by atoms with van der Waals surface area (Å²) in [5.41, 5.74) is 39.5. The molecule has 3 aliphatic rings. The maximum Gasteiger partial charge on any atom is 0.246 e. The minimum atomic E-state index is -1.65. The van der Waals surface area contributed by atoms with Crippen LogP contribution in [0, 0.1) is 5.92 Å². The van der Waals surface area contributed by atoms with Crippen LogP contribution in [0.3, 0.4) is 0 Å². The molecular weight excluding hydrogens is 1320 g/mol. The number of benzene rings is 2. The first-order valence-electron chi connectivity index (χ1n) is 35.1. The lowest BCUT2D eigenvalue weighted by Crippen LogP contribution is -2.64. The molecule has 13 amide bonds. The first-order valence-corrected chi connectivity index (χ1v) is 36.5. The SMILES string of the molecule is CCC[C@@]1(C(=O)N[C@H](CC(C)C)C(=O)N[C@@H](CCSC)C(N)=O)CCCN1C(=O)[C@H](Cc1ccccc1)NC(=O)[C@H](Cc1ccccc1)NC(=O)[C@H](CCC(N)=O)NC(=O)[C@H](CCC(N)=O)NC(=O)[C@@H]1CCCN1C(=O)[C@H](CCCCN)NC(=O)[C@@H]1CCCN1C(=O)[C@@H](N)CCCN=C(N)N. The van der Waals surface area contributed by atoms with Gasteiger partial charge in [0.2, 0.25) is 76.8 Å². The normalized spacial score (nSPS) is 18.9. The Kier molecular flexibility index (Phi) is 34.2. The number of likely N-dealkylation sites (tertiary alicyclic amines) is 3. The Labute approximate surface area is 595 Å². The zero-order chi connectivity index (χ0) is 74.3. The monoisotopic (exact) mass is 1430 g/mol. The van der Waals surface area contributed by atoms with Gasteiger partial charge in [0.05, 0.1) is 6.04 Å². The van der Waals surface area contributed by atoms with Gasteiger partial charge in [-0.1, -0.05) is 87.9 Å². The largest absolute Gasteiger partial charge is 0.370 e. The predicted molar refractivity (Wildman–Crippen MR) is 381 cm³/mol. The number of hydrogen-bond acceptors (Lipinski definition) is 17. The fraction of sp³-hybridized carbons (Fsp3) is 0.623. The summed E-state index contributed by atoms with van der Waals surface area (Å²) in [5, 5.41) is 19.4. The summed E-state index contributed by atoms with van der Waals surface area (Å²) in [4.78, 5) is 191. The van der Waals surface area contributed by atoms with Crippen LogP contribution in [0.2, 0.25) is 0 Å². The molecule has 2 aromatic rings. The highest BCUT2D eigenvalue weighted by Crippen LogP contribution is 2.36. The van der Waals surface area contributed by atoms with Gasteiger partial charge in [-0.2, -0.15) is 11.8 Å². The number of rotatable bonds is 43. The second-order valence-electron chi connectivity index (χ2n) is 26.7. The van der Waals surface area contributed by atoms with Crippen molar-refractivity contribution in [1.29, 1.82) is 0 Å². The minimum Gasteiger partial charge on any atom is -0.370 e. The number of guanidine groups is 1. The molecule has 32 heteroatoms. The van der Waals surface area contributed by atoms with Crippen LogP contribution in [0.25, 0.3) is 0 Å². The Hall–Kier alpha value is -8.91. The van der Waals surface area contributed by atoms with Gasteiger partial charge >= 0.3 is 0 Å². The second kappa shape index (κ2) is 41.7. The molecule has 5 rings (SSSR count). The number of unbranched alkanes of at least 4 members (excludes halogenated alkanes) is 1. The van der Waals surface area contributed by atoms with Gasteiger partial charge in [0.25, 0.3) is 0 Å². The maximum absolute atomic E-state index is 15.5. The number of nitrogens with one attached hydrogen (secondary N) is 7. The molecule has 31 nitrogen and oxygen atoms in total. The molecule has 101 heavy (non-hydrogen) atoms. The van der Waals surface area contributed by atoms with E-state index >= 15 is 14.4 Å². The summed E-state index contributed by atoms with van der Waals surface area (Å²) in [5.74, 6) is -9.28. The highest BCUT2D eigenvalue weighted by molar-refractivity contribution is 7.98. The second-order valence-corrected chi connectivity index (χ2v) is 27.7. The van der Waals surface area contributed by atoms with Gasteiger partial charge in [-0.05, 0) is 138 Å². The first kappa shape index (κ1) is 82.8. The molecule has 2 aromatic carbocycles. The van der Waals surface area contributed by atoms with Crippen molar-refractivity contribution < 1.29 is 62.3 Å². The molecule has 0 aromatic heterocycles. The fourth-order valence-electron chi connectivity index (χ4n) is 13.2. The van der Waals surface area contributed by atoms with Crippen LogP contribution in [0.4, 0.5) is 0 Å². The van der Waals surface area contributed by atoms with Crippen molar-refractivity contribution in [2.24, 2.45) is 51.0 Å². The van der Waals surface area contributed by atoms with Crippen LogP contribution in [0.5, 0.6) is 0 Å². The van der Waals surface area contributed by atoms with Crippen molar-refractivity contribution in [2.75, 3.05) is 44.7 Å². The molecule has 558 valence electrons. The number of primary amides is 3. The Balaban J connectivity index is 1.41. The van der Waals surface area contributed by atoms with Gasteiger partial charge in [0.1, 0.15) is 59.9 Å². The van der Waals surface area contributed by atoms with E-state index in [0.29, 0.717) is 68.2 Å². The van der Waals surface area contributed by atoms with Crippen LogP contribution in [-0.2, 0) is 75.2 Å². The third-order valence-electron chi connectivity index (χ3n) is 18.4. The number of hydrogen-bond donors (Lipinski definition) is 14. The van der Waals surface area contributed by atoms with E-state index < -0.39 is 168 Å². The van der Waals surface area contributed by atoms with E-state index in [0.717, 1.165) is 0 Å². The smallest absolute Gasteiger partial charge is 0.246 e. The molecule has 0 radical (unpaired) electrons. The van der Waals surface area contributed by atoms with Crippen LogP contribution in [-0.4, -0.2) is 208 Å². The fourth-order valence-corrected chi connectivity index (χ4v) is 13.7. The van der Waals surface area contributed by atoms with E-state index in [1.54, 1.807) is 60.7 Å². The Morgan fingerprint density at radius 2 is 1.06 bits per heavy atom. The standard InChI is InChI=1S/C69H108N18O13S/c1-5-31-69(67(100)84-50(39-42(2)3)60(93)78-46(57(74)90)30-38-101-4)32-17-37-87(69)66(99)52(41-44-20-10-7-11-21-44)83-61(94)51(40-43-18-8-6-9-19-43)82-59(92)47(26-28-55(72)88)79-58(91)48(27-29-56(73)89)80-62(95)54-25-16-36-86(54)65(98)49(23-12-13-33-70)81-63(96)53-24-15-35-85(53)64(97)45(71)22-14-34-77-68(75)76/h6-11,18-21,42,45-54H,5,12-17,22-41,70-71H2,1-4H3,(H2,72,88)(H2,73,89)(H2,74,90)(H,78,93)(H,79,91)(H,80,95)(H,81,96)(H,82,92)(H,83,94)(H,84,100)(H4,75,76,77)/t45-,46-,47-,48-,49-,50+,51-,52-,53-,54-,69-/m0/s1. The summed E-state index contributed by atoms with van der Waals surface area (Å²) < 4.78 is 0. The first-order chi connectivity index (χ1) is 48.1.